The van der Waals surface area contributed by atoms with Crippen LogP contribution in [0, 0.1) is 0 Å². The molecule has 0 unspecified atom stereocenters. The summed E-state index contributed by atoms with van der Waals surface area (Å²) in [6.45, 7) is 0.488. The van der Waals surface area contributed by atoms with Crippen molar-refractivity contribution >= 4 is 11.9 Å². The van der Waals surface area contributed by atoms with E-state index in [-0.39, 0.29) is 0 Å². The fraction of sp³-hybridized carbons (Fsp3) is 0.188. The minimum Gasteiger partial charge on any atom is -0.508 e. The first-order chi connectivity index (χ1) is 9.16. The van der Waals surface area contributed by atoms with E-state index in [4.69, 9.17) is 0 Å². The average Bonchev–Trinajstić information content (AvgIpc) is 2.41. The molecule has 0 aliphatic rings. The van der Waals surface area contributed by atoms with Crippen molar-refractivity contribution in [1.29, 1.82) is 0 Å². The van der Waals surface area contributed by atoms with E-state index in [2.05, 4.69) is 22.0 Å². The molecule has 0 bridgehead atoms. The second-order valence-electron chi connectivity index (χ2n) is 4.58. The highest BCUT2D eigenvalue weighted by Crippen LogP contribution is 2.16. The lowest BCUT2D eigenvalue weighted by atomic mass is 10.2. The molecule has 0 saturated heterocycles. The van der Waals surface area contributed by atoms with Crippen molar-refractivity contribution in [2.24, 2.45) is 4.99 Å². The van der Waals surface area contributed by atoms with Crippen LogP contribution in [0.1, 0.15) is 11.1 Å². The summed E-state index contributed by atoms with van der Waals surface area (Å²) in [5.41, 5.74) is 3.06. The molecular weight excluding hydrogens is 236 g/mol. The smallest absolute Gasteiger partial charge is 0.120 e. The standard InChI is InChI=1S/C16H18N2O/c1-18(2)15-9-7-13(8-10-15)11-17-12-14-5-3-4-6-16(14)19/h3-11,19H,12H2,1-2H3. The van der Waals surface area contributed by atoms with Crippen LogP contribution in [-0.2, 0) is 6.54 Å². The second-order valence-corrected chi connectivity index (χ2v) is 4.58. The molecule has 2 aromatic carbocycles. The number of hydrogen-bond acceptors (Lipinski definition) is 3. The van der Waals surface area contributed by atoms with Crippen LogP contribution < -0.4 is 4.90 Å². The summed E-state index contributed by atoms with van der Waals surface area (Å²) in [5.74, 6) is 0.294. The van der Waals surface area contributed by atoms with E-state index in [9.17, 15) is 5.11 Å². The molecule has 3 nitrogen and oxygen atoms in total. The Bertz CT molecular complexity index is 559. The Morgan fingerprint density at radius 3 is 2.37 bits per heavy atom. The van der Waals surface area contributed by atoms with Gasteiger partial charge in [0.05, 0.1) is 6.54 Å². The number of aliphatic imine (C=N–C) groups is 1. The number of anilines is 1. The van der Waals surface area contributed by atoms with Crippen molar-refractivity contribution in [3.05, 3.63) is 59.7 Å². The molecule has 1 N–H and O–H groups in total. The van der Waals surface area contributed by atoms with Gasteiger partial charge < -0.3 is 10.0 Å². The van der Waals surface area contributed by atoms with Crippen LogP contribution in [0.3, 0.4) is 0 Å². The Balaban J connectivity index is 2.01. The van der Waals surface area contributed by atoms with Gasteiger partial charge >= 0.3 is 0 Å². The van der Waals surface area contributed by atoms with Gasteiger partial charge in [-0.2, -0.15) is 0 Å². The Labute approximate surface area is 113 Å². The Morgan fingerprint density at radius 1 is 1.05 bits per heavy atom. The third-order valence-corrected chi connectivity index (χ3v) is 2.90. The Kier molecular flexibility index (Phi) is 4.18. The first kappa shape index (κ1) is 13.1. The topological polar surface area (TPSA) is 35.8 Å². The highest BCUT2D eigenvalue weighted by Gasteiger charge is 1.97. The van der Waals surface area contributed by atoms with Crippen LogP contribution in [-0.4, -0.2) is 25.4 Å². The number of aromatic hydroxyl groups is 1. The molecule has 3 heteroatoms. The zero-order valence-corrected chi connectivity index (χ0v) is 11.2. The first-order valence-corrected chi connectivity index (χ1v) is 6.21. The maximum atomic E-state index is 9.63. The lowest BCUT2D eigenvalue weighted by Crippen LogP contribution is -2.08. The summed E-state index contributed by atoms with van der Waals surface area (Å²) in [4.78, 5) is 6.41. The molecule has 0 amide bonds. The van der Waals surface area contributed by atoms with Crippen LogP contribution >= 0.6 is 0 Å². The summed E-state index contributed by atoms with van der Waals surface area (Å²) in [5, 5.41) is 9.63. The quantitative estimate of drug-likeness (QED) is 0.851. The molecule has 0 radical (unpaired) electrons. The number of para-hydroxylation sites is 1. The zero-order chi connectivity index (χ0) is 13.7. The highest BCUT2D eigenvalue weighted by molar-refractivity contribution is 5.80. The minimum atomic E-state index is 0.294. The van der Waals surface area contributed by atoms with Crippen molar-refractivity contribution in [1.82, 2.24) is 0 Å². The van der Waals surface area contributed by atoms with Gasteiger partial charge in [0.25, 0.3) is 0 Å². The number of hydrogen-bond donors (Lipinski definition) is 1. The maximum absolute atomic E-state index is 9.63. The van der Waals surface area contributed by atoms with E-state index in [1.54, 1.807) is 6.07 Å². The van der Waals surface area contributed by atoms with Gasteiger partial charge in [-0.25, -0.2) is 0 Å². The Morgan fingerprint density at radius 2 is 1.74 bits per heavy atom. The molecule has 19 heavy (non-hydrogen) atoms. The van der Waals surface area contributed by atoms with Gasteiger partial charge in [-0.1, -0.05) is 30.3 Å². The summed E-state index contributed by atoms with van der Waals surface area (Å²) >= 11 is 0. The van der Waals surface area contributed by atoms with Crippen molar-refractivity contribution in [2.75, 3.05) is 19.0 Å². The summed E-state index contributed by atoms with van der Waals surface area (Å²) in [6, 6.07) is 15.4. The van der Waals surface area contributed by atoms with Gasteiger partial charge in [0, 0.05) is 31.6 Å². The number of nitrogens with zero attached hydrogens (tertiary/aromatic N) is 2. The predicted octanol–water partition coefficient (Wildman–Crippen LogP) is 3.08. The molecule has 0 heterocycles. The number of rotatable bonds is 4. The van der Waals surface area contributed by atoms with Gasteiger partial charge in [-0.3, -0.25) is 4.99 Å². The summed E-state index contributed by atoms with van der Waals surface area (Å²) in [7, 11) is 4.03. The van der Waals surface area contributed by atoms with E-state index in [0.717, 1.165) is 16.8 Å². The number of phenols is 1. The van der Waals surface area contributed by atoms with Crippen molar-refractivity contribution in [2.45, 2.75) is 6.54 Å². The largest absolute Gasteiger partial charge is 0.508 e. The molecule has 2 rings (SSSR count). The van der Waals surface area contributed by atoms with Gasteiger partial charge in [0.1, 0.15) is 5.75 Å². The lowest BCUT2D eigenvalue weighted by molar-refractivity contribution is 0.468. The monoisotopic (exact) mass is 254 g/mol. The van der Waals surface area contributed by atoms with Crippen LogP contribution in [0.5, 0.6) is 5.75 Å². The van der Waals surface area contributed by atoms with E-state index in [1.165, 1.54) is 0 Å². The van der Waals surface area contributed by atoms with Crippen molar-refractivity contribution < 1.29 is 5.11 Å². The van der Waals surface area contributed by atoms with Crippen molar-refractivity contribution in [3.8, 4) is 5.75 Å². The van der Waals surface area contributed by atoms with Gasteiger partial charge in [-0.15, -0.1) is 0 Å². The molecular formula is C16H18N2O. The minimum absolute atomic E-state index is 0.294. The molecule has 0 aliphatic carbocycles. The molecule has 0 atom stereocenters. The second kappa shape index (κ2) is 6.05. The maximum Gasteiger partial charge on any atom is 0.120 e. The van der Waals surface area contributed by atoms with E-state index in [0.29, 0.717) is 12.3 Å². The lowest BCUT2D eigenvalue weighted by Gasteiger charge is -2.11. The van der Waals surface area contributed by atoms with Crippen LogP contribution in [0.4, 0.5) is 5.69 Å². The summed E-state index contributed by atoms with van der Waals surface area (Å²) < 4.78 is 0. The molecule has 0 fully saturated rings. The third kappa shape index (κ3) is 3.58. The first-order valence-electron chi connectivity index (χ1n) is 6.21. The normalized spacial score (nSPS) is 10.8. The van der Waals surface area contributed by atoms with Crippen molar-refractivity contribution in [3.63, 3.8) is 0 Å². The van der Waals surface area contributed by atoms with E-state index < -0.39 is 0 Å². The van der Waals surface area contributed by atoms with E-state index >= 15 is 0 Å². The molecule has 0 saturated carbocycles. The predicted molar refractivity (Wildman–Crippen MR) is 80.2 cm³/mol. The molecule has 0 spiro atoms. The molecule has 0 aromatic heterocycles. The Hall–Kier alpha value is -2.29. The third-order valence-electron chi connectivity index (χ3n) is 2.90. The van der Waals surface area contributed by atoms with Gasteiger partial charge in [-0.05, 0) is 23.8 Å². The summed E-state index contributed by atoms with van der Waals surface area (Å²) in [6.07, 6.45) is 1.83. The number of phenolic OH excluding ortho intramolecular Hbond substituents is 1. The molecule has 0 aliphatic heterocycles. The number of benzene rings is 2. The molecule has 98 valence electrons. The fourth-order valence-electron chi connectivity index (χ4n) is 1.75. The van der Waals surface area contributed by atoms with Crippen LogP contribution in [0.15, 0.2) is 53.5 Å². The average molecular weight is 254 g/mol. The fourth-order valence-corrected chi connectivity index (χ4v) is 1.75. The van der Waals surface area contributed by atoms with Crippen LogP contribution in [0.2, 0.25) is 0 Å². The SMILES string of the molecule is CN(C)c1ccc(C=NCc2ccccc2O)cc1. The van der Waals surface area contributed by atoms with Gasteiger partial charge in [0.15, 0.2) is 0 Å². The van der Waals surface area contributed by atoms with Gasteiger partial charge in [0.2, 0.25) is 0 Å². The van der Waals surface area contributed by atoms with E-state index in [1.807, 2.05) is 50.6 Å². The van der Waals surface area contributed by atoms with Crippen LogP contribution in [0.25, 0.3) is 0 Å². The molecule has 2 aromatic rings. The highest BCUT2D eigenvalue weighted by atomic mass is 16.3. The zero-order valence-electron chi connectivity index (χ0n) is 11.2.